The Balaban J connectivity index is 1.95. The number of rotatable bonds is 4. The first kappa shape index (κ1) is 15.9. The number of nitrogens with one attached hydrogen (secondary N) is 2. The van der Waals surface area contributed by atoms with Gasteiger partial charge in [-0.05, 0) is 61.6 Å². The van der Waals surface area contributed by atoms with Gasteiger partial charge in [-0.25, -0.2) is 9.18 Å². The molecule has 2 aromatic rings. The van der Waals surface area contributed by atoms with Crippen molar-refractivity contribution in [2.24, 2.45) is 0 Å². The van der Waals surface area contributed by atoms with E-state index in [0.717, 1.165) is 0 Å². The summed E-state index contributed by atoms with van der Waals surface area (Å²) < 4.78 is 18.0. The molecule has 0 amide bonds. The molecule has 0 bridgehead atoms. The Morgan fingerprint density at radius 3 is 2.45 bits per heavy atom. The summed E-state index contributed by atoms with van der Waals surface area (Å²) in [6.45, 7) is 2.09. The third kappa shape index (κ3) is 4.53. The topological polar surface area (TPSA) is 50.4 Å². The van der Waals surface area contributed by atoms with Crippen LogP contribution in [0.4, 0.5) is 15.8 Å². The van der Waals surface area contributed by atoms with Crippen molar-refractivity contribution in [1.82, 2.24) is 0 Å². The van der Waals surface area contributed by atoms with Crippen LogP contribution in [0.25, 0.3) is 0 Å². The van der Waals surface area contributed by atoms with Crippen molar-refractivity contribution in [2.45, 2.75) is 6.92 Å². The zero-order valence-corrected chi connectivity index (χ0v) is 12.7. The molecule has 0 aliphatic heterocycles. The van der Waals surface area contributed by atoms with E-state index in [9.17, 15) is 9.18 Å². The van der Waals surface area contributed by atoms with Crippen molar-refractivity contribution < 1.29 is 13.9 Å². The first-order valence-electron chi connectivity index (χ1n) is 6.69. The van der Waals surface area contributed by atoms with Gasteiger partial charge in [-0.2, -0.15) is 0 Å². The third-order valence-corrected chi connectivity index (χ3v) is 2.94. The molecule has 0 fully saturated rings. The van der Waals surface area contributed by atoms with Crippen molar-refractivity contribution in [3.8, 4) is 0 Å². The fourth-order valence-corrected chi connectivity index (χ4v) is 2.00. The highest BCUT2D eigenvalue weighted by molar-refractivity contribution is 7.80. The predicted octanol–water partition coefficient (Wildman–Crippen LogP) is 3.81. The van der Waals surface area contributed by atoms with E-state index in [4.69, 9.17) is 17.0 Å². The molecule has 2 rings (SSSR count). The summed E-state index contributed by atoms with van der Waals surface area (Å²) in [7, 11) is 0. The maximum Gasteiger partial charge on any atom is 0.338 e. The van der Waals surface area contributed by atoms with E-state index < -0.39 is 0 Å². The second-order valence-corrected chi connectivity index (χ2v) is 4.80. The first-order valence-corrected chi connectivity index (χ1v) is 7.10. The number of carbonyl (C=O) groups excluding carboxylic acids is 1. The summed E-state index contributed by atoms with van der Waals surface area (Å²) >= 11 is 5.15. The standard InChI is InChI=1S/C16H15FN2O2S/c1-2-21-15(20)11-6-8-13(9-7-11)18-16(22)19-14-5-3-4-12(17)10-14/h3-10H,2H2,1H3,(H2,18,19,22). The van der Waals surface area contributed by atoms with Crippen molar-refractivity contribution in [2.75, 3.05) is 17.2 Å². The molecule has 0 saturated heterocycles. The SMILES string of the molecule is CCOC(=O)c1ccc(NC(=S)Nc2cccc(F)c2)cc1. The normalized spacial score (nSPS) is 9.91. The lowest BCUT2D eigenvalue weighted by atomic mass is 10.2. The maximum atomic E-state index is 13.1. The third-order valence-electron chi connectivity index (χ3n) is 2.74. The lowest BCUT2D eigenvalue weighted by molar-refractivity contribution is 0.0526. The molecule has 4 nitrogen and oxygen atoms in total. The van der Waals surface area contributed by atoms with Crippen molar-refractivity contribution in [3.63, 3.8) is 0 Å². The molecule has 0 unspecified atom stereocenters. The lowest BCUT2D eigenvalue weighted by Crippen LogP contribution is -2.19. The van der Waals surface area contributed by atoms with E-state index in [0.29, 0.717) is 28.7 Å². The average Bonchev–Trinajstić information content (AvgIpc) is 2.48. The highest BCUT2D eigenvalue weighted by Crippen LogP contribution is 2.13. The Bertz CT molecular complexity index is 674. The van der Waals surface area contributed by atoms with Crippen LogP contribution in [-0.2, 0) is 4.74 Å². The zero-order valence-electron chi connectivity index (χ0n) is 11.9. The molecule has 22 heavy (non-hydrogen) atoms. The molecule has 0 aromatic heterocycles. The Hall–Kier alpha value is -2.47. The van der Waals surface area contributed by atoms with Gasteiger partial charge in [0.25, 0.3) is 0 Å². The fraction of sp³-hybridized carbons (Fsp3) is 0.125. The second-order valence-electron chi connectivity index (χ2n) is 4.39. The fourth-order valence-electron chi connectivity index (χ4n) is 1.76. The Morgan fingerprint density at radius 1 is 1.14 bits per heavy atom. The number of carbonyl (C=O) groups is 1. The lowest BCUT2D eigenvalue weighted by Gasteiger charge is -2.11. The Labute approximate surface area is 133 Å². The number of thiocarbonyl (C=S) groups is 1. The number of hydrogen-bond donors (Lipinski definition) is 2. The minimum Gasteiger partial charge on any atom is -0.462 e. The quantitative estimate of drug-likeness (QED) is 0.663. The molecule has 2 aromatic carbocycles. The Kier molecular flexibility index (Phi) is 5.43. The zero-order chi connectivity index (χ0) is 15.9. The highest BCUT2D eigenvalue weighted by atomic mass is 32.1. The van der Waals surface area contributed by atoms with E-state index in [1.54, 1.807) is 43.3 Å². The number of halogens is 1. The summed E-state index contributed by atoms with van der Waals surface area (Å²) in [5, 5.41) is 6.16. The van der Waals surface area contributed by atoms with Gasteiger partial charge >= 0.3 is 5.97 Å². The van der Waals surface area contributed by atoms with Crippen LogP contribution in [-0.4, -0.2) is 17.7 Å². The minimum absolute atomic E-state index is 0.328. The highest BCUT2D eigenvalue weighted by Gasteiger charge is 2.06. The summed E-state index contributed by atoms with van der Waals surface area (Å²) in [6, 6.07) is 12.7. The molecule has 0 aliphatic carbocycles. The molecule has 6 heteroatoms. The van der Waals surface area contributed by atoms with Crippen LogP contribution in [0.2, 0.25) is 0 Å². The molecule has 0 heterocycles. The number of ether oxygens (including phenoxy) is 1. The van der Waals surface area contributed by atoms with Crippen LogP contribution in [0.5, 0.6) is 0 Å². The van der Waals surface area contributed by atoms with Crippen LogP contribution in [0.3, 0.4) is 0 Å². The van der Waals surface area contributed by atoms with Gasteiger partial charge in [0, 0.05) is 11.4 Å². The van der Waals surface area contributed by atoms with Crippen LogP contribution < -0.4 is 10.6 Å². The van der Waals surface area contributed by atoms with Gasteiger partial charge in [0.15, 0.2) is 5.11 Å². The van der Waals surface area contributed by atoms with Crippen LogP contribution in [0.15, 0.2) is 48.5 Å². The number of hydrogen-bond acceptors (Lipinski definition) is 3. The van der Waals surface area contributed by atoms with Gasteiger partial charge in [0.05, 0.1) is 12.2 Å². The van der Waals surface area contributed by atoms with Gasteiger partial charge in [-0.1, -0.05) is 6.07 Å². The van der Waals surface area contributed by atoms with Crippen LogP contribution in [0.1, 0.15) is 17.3 Å². The van der Waals surface area contributed by atoms with Gasteiger partial charge in [0.1, 0.15) is 5.82 Å². The molecule has 114 valence electrons. The molecule has 0 radical (unpaired) electrons. The van der Waals surface area contributed by atoms with Crippen LogP contribution in [0, 0.1) is 5.82 Å². The molecule has 0 saturated carbocycles. The number of esters is 1. The predicted molar refractivity (Wildman–Crippen MR) is 88.6 cm³/mol. The molecule has 0 aliphatic rings. The summed E-state index contributed by atoms with van der Waals surface area (Å²) in [6.07, 6.45) is 0. The molecular weight excluding hydrogens is 303 g/mol. The smallest absolute Gasteiger partial charge is 0.338 e. The van der Waals surface area contributed by atoms with Gasteiger partial charge in [-0.15, -0.1) is 0 Å². The number of benzene rings is 2. The van der Waals surface area contributed by atoms with Crippen LogP contribution >= 0.6 is 12.2 Å². The van der Waals surface area contributed by atoms with Crippen molar-refractivity contribution in [3.05, 3.63) is 59.9 Å². The average molecular weight is 318 g/mol. The molecule has 0 atom stereocenters. The van der Waals surface area contributed by atoms with Crippen molar-refractivity contribution in [1.29, 1.82) is 0 Å². The van der Waals surface area contributed by atoms with E-state index in [1.807, 2.05) is 0 Å². The van der Waals surface area contributed by atoms with E-state index >= 15 is 0 Å². The summed E-state index contributed by atoms with van der Waals surface area (Å²) in [5.41, 5.74) is 1.74. The first-order chi connectivity index (χ1) is 10.6. The monoisotopic (exact) mass is 318 g/mol. The maximum absolute atomic E-state index is 13.1. The van der Waals surface area contributed by atoms with Gasteiger partial charge in [-0.3, -0.25) is 0 Å². The second kappa shape index (κ2) is 7.51. The summed E-state index contributed by atoms with van der Waals surface area (Å²) in [5.74, 6) is -0.707. The molecule has 0 spiro atoms. The van der Waals surface area contributed by atoms with Gasteiger partial charge in [0.2, 0.25) is 0 Å². The largest absolute Gasteiger partial charge is 0.462 e. The van der Waals surface area contributed by atoms with Crippen molar-refractivity contribution >= 4 is 34.7 Å². The van der Waals surface area contributed by atoms with Gasteiger partial charge < -0.3 is 15.4 Å². The van der Waals surface area contributed by atoms with E-state index in [-0.39, 0.29) is 11.8 Å². The number of anilines is 2. The molecular formula is C16H15FN2O2S. The van der Waals surface area contributed by atoms with E-state index in [2.05, 4.69) is 10.6 Å². The Morgan fingerprint density at radius 2 is 1.82 bits per heavy atom. The summed E-state index contributed by atoms with van der Waals surface area (Å²) in [4.78, 5) is 11.5. The molecule has 2 N–H and O–H groups in total. The minimum atomic E-state index is -0.366. The van der Waals surface area contributed by atoms with E-state index in [1.165, 1.54) is 12.1 Å².